The maximum Gasteiger partial charge on any atom is 0.308 e. The maximum absolute atomic E-state index is 13.1. The standard InChI is InChI=1S/C24H34N2O5/c1-17-6-10-21(11-7-17)26(15-14-25(4)5)24(29)13-9-20-8-12-22(30-18(2)27)23(16-20)31-19(3)28/h8-9,12-13,16-17,21H,6-7,10-11,14-15H2,1-5H3/b13-9+/t17-,21-. The van der Waals surface area contributed by atoms with Crippen LogP contribution in [-0.4, -0.2) is 60.9 Å². The Morgan fingerprint density at radius 2 is 1.58 bits per heavy atom. The van der Waals surface area contributed by atoms with Gasteiger partial charge in [0.25, 0.3) is 0 Å². The number of likely N-dealkylation sites (N-methyl/N-ethyl adjacent to an activating group) is 1. The largest absolute Gasteiger partial charge is 0.423 e. The van der Waals surface area contributed by atoms with Crippen molar-refractivity contribution >= 4 is 23.9 Å². The molecule has 0 aliphatic heterocycles. The molecule has 31 heavy (non-hydrogen) atoms. The fourth-order valence-corrected chi connectivity index (χ4v) is 3.70. The molecule has 1 amide bonds. The van der Waals surface area contributed by atoms with Crippen molar-refractivity contribution in [1.29, 1.82) is 0 Å². The second-order valence-electron chi connectivity index (χ2n) is 8.48. The Labute approximate surface area is 185 Å². The Balaban J connectivity index is 2.18. The van der Waals surface area contributed by atoms with Crippen LogP contribution in [0.2, 0.25) is 0 Å². The number of hydrogen-bond donors (Lipinski definition) is 0. The maximum atomic E-state index is 13.1. The summed E-state index contributed by atoms with van der Waals surface area (Å²) in [7, 11) is 4.01. The normalized spacial score (nSPS) is 18.8. The van der Waals surface area contributed by atoms with E-state index in [-0.39, 0.29) is 23.4 Å². The van der Waals surface area contributed by atoms with Crippen LogP contribution in [0.3, 0.4) is 0 Å². The molecule has 0 bridgehead atoms. The number of amides is 1. The molecule has 1 aromatic rings. The highest BCUT2D eigenvalue weighted by Gasteiger charge is 2.26. The zero-order valence-corrected chi connectivity index (χ0v) is 19.2. The molecule has 1 aliphatic carbocycles. The number of ether oxygens (including phenoxy) is 2. The van der Waals surface area contributed by atoms with Crippen LogP contribution in [0.15, 0.2) is 24.3 Å². The van der Waals surface area contributed by atoms with E-state index < -0.39 is 11.9 Å². The van der Waals surface area contributed by atoms with Gasteiger partial charge in [0.05, 0.1) is 0 Å². The molecule has 7 nitrogen and oxygen atoms in total. The first-order valence-electron chi connectivity index (χ1n) is 10.8. The fourth-order valence-electron chi connectivity index (χ4n) is 3.70. The van der Waals surface area contributed by atoms with E-state index in [1.807, 2.05) is 19.0 Å². The number of nitrogens with zero attached hydrogens (tertiary/aromatic N) is 2. The third-order valence-corrected chi connectivity index (χ3v) is 5.39. The number of hydrogen-bond acceptors (Lipinski definition) is 6. The number of rotatable bonds is 8. The van der Waals surface area contributed by atoms with Crippen LogP contribution in [0.1, 0.15) is 52.0 Å². The van der Waals surface area contributed by atoms with Crippen molar-refractivity contribution in [3.63, 3.8) is 0 Å². The van der Waals surface area contributed by atoms with Gasteiger partial charge in [-0.3, -0.25) is 14.4 Å². The lowest BCUT2D eigenvalue weighted by Gasteiger charge is -2.36. The predicted octanol–water partition coefficient (Wildman–Crippen LogP) is 3.52. The van der Waals surface area contributed by atoms with Gasteiger partial charge in [-0.25, -0.2) is 0 Å². The molecule has 170 valence electrons. The lowest BCUT2D eigenvalue weighted by molar-refractivity contribution is -0.134. The van der Waals surface area contributed by atoms with Gasteiger partial charge in [-0.2, -0.15) is 0 Å². The van der Waals surface area contributed by atoms with Gasteiger partial charge < -0.3 is 19.3 Å². The predicted molar refractivity (Wildman–Crippen MR) is 120 cm³/mol. The first kappa shape index (κ1) is 24.6. The van der Waals surface area contributed by atoms with E-state index in [2.05, 4.69) is 11.8 Å². The molecule has 0 aromatic heterocycles. The molecule has 0 atom stereocenters. The van der Waals surface area contributed by atoms with Crippen LogP contribution in [0, 0.1) is 5.92 Å². The lowest BCUT2D eigenvalue weighted by atomic mass is 9.86. The minimum absolute atomic E-state index is 0.0282. The van der Waals surface area contributed by atoms with Crippen molar-refractivity contribution in [3.8, 4) is 11.5 Å². The van der Waals surface area contributed by atoms with Gasteiger partial charge in [0.2, 0.25) is 5.91 Å². The summed E-state index contributed by atoms with van der Waals surface area (Å²) in [4.78, 5) is 39.8. The number of benzene rings is 1. The summed E-state index contributed by atoms with van der Waals surface area (Å²) in [5.74, 6) is -0.0390. The van der Waals surface area contributed by atoms with E-state index in [0.717, 1.165) is 32.2 Å². The first-order valence-corrected chi connectivity index (χ1v) is 10.8. The smallest absolute Gasteiger partial charge is 0.308 e. The Hall–Kier alpha value is -2.67. The zero-order valence-electron chi connectivity index (χ0n) is 19.2. The molecule has 0 heterocycles. The van der Waals surface area contributed by atoms with Crippen molar-refractivity contribution < 1.29 is 23.9 Å². The molecule has 0 unspecified atom stereocenters. The van der Waals surface area contributed by atoms with E-state index in [1.54, 1.807) is 30.4 Å². The minimum atomic E-state index is -0.521. The SMILES string of the molecule is CC(=O)Oc1ccc(/C=C/C(=O)N(CCN(C)C)[C@H]2CC[C@H](C)CC2)cc1OC(C)=O. The van der Waals surface area contributed by atoms with Gasteiger partial charge in [-0.1, -0.05) is 13.0 Å². The molecule has 2 rings (SSSR count). The summed E-state index contributed by atoms with van der Waals surface area (Å²) in [5, 5.41) is 0. The molecule has 0 saturated heterocycles. The second kappa shape index (κ2) is 11.6. The van der Waals surface area contributed by atoms with E-state index in [1.165, 1.54) is 13.8 Å². The summed E-state index contributed by atoms with van der Waals surface area (Å²) < 4.78 is 10.2. The molecule has 7 heteroatoms. The van der Waals surface area contributed by atoms with Gasteiger partial charge in [0.1, 0.15) is 0 Å². The second-order valence-corrected chi connectivity index (χ2v) is 8.48. The van der Waals surface area contributed by atoms with Crippen LogP contribution in [-0.2, 0) is 14.4 Å². The summed E-state index contributed by atoms with van der Waals surface area (Å²) in [6.45, 7) is 6.30. The Morgan fingerprint density at radius 3 is 2.16 bits per heavy atom. The number of carbonyl (C=O) groups is 3. The van der Waals surface area contributed by atoms with Crippen LogP contribution in [0.25, 0.3) is 6.08 Å². The van der Waals surface area contributed by atoms with Gasteiger partial charge in [-0.15, -0.1) is 0 Å². The third-order valence-electron chi connectivity index (χ3n) is 5.39. The third kappa shape index (κ3) is 8.17. The number of carbonyl (C=O) groups excluding carboxylic acids is 3. The van der Waals surface area contributed by atoms with E-state index >= 15 is 0 Å². The van der Waals surface area contributed by atoms with Gasteiger partial charge >= 0.3 is 11.9 Å². The zero-order chi connectivity index (χ0) is 23.0. The highest BCUT2D eigenvalue weighted by molar-refractivity contribution is 5.92. The Kier molecular flexibility index (Phi) is 9.24. The molecule has 0 spiro atoms. The van der Waals surface area contributed by atoms with Gasteiger partial charge in [-0.05, 0) is 69.5 Å². The monoisotopic (exact) mass is 430 g/mol. The van der Waals surface area contributed by atoms with Crippen LogP contribution in [0.4, 0.5) is 0 Å². The van der Waals surface area contributed by atoms with E-state index in [4.69, 9.17) is 9.47 Å². The molecule has 0 radical (unpaired) electrons. The molecular weight excluding hydrogens is 396 g/mol. The summed E-state index contributed by atoms with van der Waals surface area (Å²) >= 11 is 0. The molecule has 1 saturated carbocycles. The van der Waals surface area contributed by atoms with E-state index in [9.17, 15) is 14.4 Å². The summed E-state index contributed by atoms with van der Waals surface area (Å²) in [5.41, 5.74) is 0.672. The number of esters is 2. The van der Waals surface area contributed by atoms with Crippen LogP contribution >= 0.6 is 0 Å². The summed E-state index contributed by atoms with van der Waals surface area (Å²) in [6.07, 6.45) is 7.60. The molecule has 1 fully saturated rings. The van der Waals surface area contributed by atoms with Crippen LogP contribution in [0.5, 0.6) is 11.5 Å². The minimum Gasteiger partial charge on any atom is -0.423 e. The first-order chi connectivity index (χ1) is 14.7. The van der Waals surface area contributed by atoms with Crippen molar-refractivity contribution in [2.45, 2.75) is 52.5 Å². The Morgan fingerprint density at radius 1 is 0.968 bits per heavy atom. The fraction of sp³-hybridized carbons (Fsp3) is 0.542. The van der Waals surface area contributed by atoms with Crippen molar-refractivity contribution in [2.75, 3.05) is 27.2 Å². The highest BCUT2D eigenvalue weighted by atomic mass is 16.6. The van der Waals surface area contributed by atoms with Crippen molar-refractivity contribution in [3.05, 3.63) is 29.8 Å². The quantitative estimate of drug-likeness (QED) is 0.357. The average Bonchev–Trinajstić information content (AvgIpc) is 2.68. The van der Waals surface area contributed by atoms with Crippen molar-refractivity contribution in [1.82, 2.24) is 9.80 Å². The molecular formula is C24H34N2O5. The van der Waals surface area contributed by atoms with Crippen molar-refractivity contribution in [2.24, 2.45) is 5.92 Å². The molecule has 0 N–H and O–H groups in total. The molecule has 1 aliphatic rings. The summed E-state index contributed by atoms with van der Waals surface area (Å²) in [6, 6.07) is 5.10. The van der Waals surface area contributed by atoms with Crippen LogP contribution < -0.4 is 9.47 Å². The van der Waals surface area contributed by atoms with Gasteiger partial charge in [0, 0.05) is 39.1 Å². The average molecular weight is 431 g/mol. The highest BCUT2D eigenvalue weighted by Crippen LogP contribution is 2.30. The topological polar surface area (TPSA) is 76.2 Å². The van der Waals surface area contributed by atoms with E-state index in [0.29, 0.717) is 18.0 Å². The van der Waals surface area contributed by atoms with Gasteiger partial charge in [0.15, 0.2) is 11.5 Å². The molecule has 1 aromatic carbocycles. The Bertz CT molecular complexity index is 810. The lowest BCUT2D eigenvalue weighted by Crippen LogP contribution is -2.44.